The molecular weight excluding hydrogens is 659 g/mol. The second-order valence-electron chi connectivity index (χ2n) is 9.26. The molecule has 41 heavy (non-hydrogen) atoms. The number of esters is 1. The summed E-state index contributed by atoms with van der Waals surface area (Å²) < 4.78 is 11.5. The van der Waals surface area contributed by atoms with Crippen molar-refractivity contribution in [3.63, 3.8) is 0 Å². The zero-order chi connectivity index (χ0) is 29.5. The third-order valence-corrected chi connectivity index (χ3v) is 6.89. The van der Waals surface area contributed by atoms with E-state index in [1.165, 1.54) is 7.11 Å². The number of aromatic nitrogens is 1. The first-order valence-corrected chi connectivity index (χ1v) is 14.7. The molecule has 2 atom stereocenters. The number of hydrogen-bond donors (Lipinski definition) is 3. The zero-order valence-electron chi connectivity index (χ0n) is 22.8. The fourth-order valence-electron chi connectivity index (χ4n) is 3.96. The van der Waals surface area contributed by atoms with Gasteiger partial charge in [-0.2, -0.15) is 0 Å². The number of methoxy groups -OCH3 is 1. The molecule has 0 aliphatic carbocycles. The second-order valence-corrected chi connectivity index (χ2v) is 10.9. The van der Waals surface area contributed by atoms with Crippen LogP contribution in [-0.4, -0.2) is 49.1 Å². The Morgan fingerprint density at radius 1 is 1.00 bits per heavy atom. The van der Waals surface area contributed by atoms with Gasteiger partial charge in [0.15, 0.2) is 0 Å². The summed E-state index contributed by atoms with van der Waals surface area (Å²) in [6.45, 7) is 0.894. The lowest BCUT2D eigenvalue weighted by atomic mass is 10.0. The number of anilines is 1. The van der Waals surface area contributed by atoms with Crippen LogP contribution in [0.3, 0.4) is 0 Å². The quantitative estimate of drug-likeness (QED) is 0.109. The average molecular weight is 693 g/mol. The van der Waals surface area contributed by atoms with Crippen LogP contribution in [0.2, 0.25) is 5.02 Å². The van der Waals surface area contributed by atoms with Crippen LogP contribution >= 0.6 is 34.2 Å². The maximum Gasteiger partial charge on any atom is 0.307 e. The van der Waals surface area contributed by atoms with E-state index < -0.39 is 24.0 Å². The van der Waals surface area contributed by atoms with Gasteiger partial charge in [0.25, 0.3) is 0 Å². The standard InChI is InChI=1S/C30H34ClIN4O5/c1-40-29(38)18-25(22-15-23(31)17-24(32)16-22)36-30(39)26(20-41-19-21-9-3-2-4-10-21)35-28(37)12-6-8-14-34-27-11-5-7-13-33-27/h2-5,7,9-11,13,15-17,25-26H,6,8,12,14,18-20H2,1H3,(H,33,34)(H,35,37)(H,36,39). The van der Waals surface area contributed by atoms with E-state index in [9.17, 15) is 14.4 Å². The van der Waals surface area contributed by atoms with Gasteiger partial charge in [-0.25, -0.2) is 4.98 Å². The van der Waals surface area contributed by atoms with Crippen molar-refractivity contribution >= 4 is 57.8 Å². The Balaban J connectivity index is 1.63. The molecule has 0 radical (unpaired) electrons. The summed E-state index contributed by atoms with van der Waals surface area (Å²) in [6.07, 6.45) is 3.22. The van der Waals surface area contributed by atoms with E-state index in [2.05, 4.69) is 43.5 Å². The zero-order valence-corrected chi connectivity index (χ0v) is 25.7. The molecule has 1 heterocycles. The smallest absolute Gasteiger partial charge is 0.307 e. The summed E-state index contributed by atoms with van der Waals surface area (Å²) in [5.74, 6) is -0.467. The van der Waals surface area contributed by atoms with Crippen molar-refractivity contribution in [2.24, 2.45) is 0 Å². The maximum absolute atomic E-state index is 13.5. The minimum absolute atomic E-state index is 0.0499. The topological polar surface area (TPSA) is 119 Å². The highest BCUT2D eigenvalue weighted by Gasteiger charge is 2.26. The van der Waals surface area contributed by atoms with Crippen molar-refractivity contribution in [2.75, 3.05) is 25.6 Å². The first kappa shape index (κ1) is 32.3. The van der Waals surface area contributed by atoms with Crippen molar-refractivity contribution < 1.29 is 23.9 Å². The van der Waals surface area contributed by atoms with Crippen LogP contribution in [0.25, 0.3) is 0 Å². The van der Waals surface area contributed by atoms with E-state index in [4.69, 9.17) is 21.1 Å². The van der Waals surface area contributed by atoms with Crippen LogP contribution in [0.4, 0.5) is 5.82 Å². The Morgan fingerprint density at radius 3 is 2.49 bits per heavy atom. The predicted molar refractivity (Wildman–Crippen MR) is 166 cm³/mol. The first-order valence-electron chi connectivity index (χ1n) is 13.2. The summed E-state index contributed by atoms with van der Waals surface area (Å²) in [5, 5.41) is 9.38. The Bertz CT molecular complexity index is 1250. The average Bonchev–Trinajstić information content (AvgIpc) is 2.96. The minimum Gasteiger partial charge on any atom is -0.469 e. The summed E-state index contributed by atoms with van der Waals surface area (Å²) >= 11 is 8.36. The number of amides is 2. The van der Waals surface area contributed by atoms with Crippen molar-refractivity contribution in [3.8, 4) is 0 Å². The molecule has 0 aliphatic heterocycles. The molecule has 3 N–H and O–H groups in total. The Morgan fingerprint density at radius 2 is 1.78 bits per heavy atom. The fraction of sp³-hybridized carbons (Fsp3) is 0.333. The van der Waals surface area contributed by atoms with E-state index in [1.807, 2.05) is 54.6 Å². The van der Waals surface area contributed by atoms with Crippen LogP contribution in [0.15, 0.2) is 72.9 Å². The molecule has 9 nitrogen and oxygen atoms in total. The van der Waals surface area contributed by atoms with E-state index >= 15 is 0 Å². The maximum atomic E-state index is 13.5. The molecule has 0 saturated heterocycles. The van der Waals surface area contributed by atoms with Crippen molar-refractivity contribution in [1.82, 2.24) is 15.6 Å². The highest BCUT2D eigenvalue weighted by atomic mass is 127. The molecule has 218 valence electrons. The predicted octanol–water partition coefficient (Wildman–Crippen LogP) is 5.04. The number of nitrogens with zero attached hydrogens (tertiary/aromatic N) is 1. The van der Waals surface area contributed by atoms with E-state index in [-0.39, 0.29) is 32.0 Å². The van der Waals surface area contributed by atoms with Crippen LogP contribution in [-0.2, 0) is 30.5 Å². The first-order chi connectivity index (χ1) is 19.8. The highest BCUT2D eigenvalue weighted by Crippen LogP contribution is 2.24. The van der Waals surface area contributed by atoms with Crippen LogP contribution in [0.1, 0.15) is 42.9 Å². The highest BCUT2D eigenvalue weighted by molar-refractivity contribution is 14.1. The van der Waals surface area contributed by atoms with E-state index in [0.717, 1.165) is 21.4 Å². The van der Waals surface area contributed by atoms with Gasteiger partial charge in [-0.15, -0.1) is 0 Å². The second kappa shape index (κ2) is 17.6. The molecule has 1 aromatic heterocycles. The van der Waals surface area contributed by atoms with Gasteiger partial charge in [0.2, 0.25) is 11.8 Å². The summed E-state index contributed by atoms with van der Waals surface area (Å²) in [7, 11) is 1.29. The molecule has 0 saturated carbocycles. The summed E-state index contributed by atoms with van der Waals surface area (Å²) in [5.41, 5.74) is 1.59. The van der Waals surface area contributed by atoms with Gasteiger partial charge in [0, 0.05) is 27.8 Å². The molecule has 0 spiro atoms. The minimum atomic E-state index is -0.976. The van der Waals surface area contributed by atoms with Crippen LogP contribution in [0, 0.1) is 3.57 Å². The molecule has 2 amide bonds. The number of nitrogens with one attached hydrogen (secondary N) is 3. The van der Waals surface area contributed by atoms with Crippen molar-refractivity contribution in [2.45, 2.75) is 44.4 Å². The number of benzene rings is 2. The molecule has 2 unspecified atom stereocenters. The Labute approximate surface area is 258 Å². The number of ether oxygens (including phenoxy) is 2. The Hall–Kier alpha value is -3.22. The van der Waals surface area contributed by atoms with Crippen LogP contribution < -0.4 is 16.0 Å². The lowest BCUT2D eigenvalue weighted by Gasteiger charge is -2.24. The molecule has 0 aliphatic rings. The van der Waals surface area contributed by atoms with Gasteiger partial charge >= 0.3 is 5.97 Å². The SMILES string of the molecule is COC(=O)CC(NC(=O)C(COCc1ccccc1)NC(=O)CCCCNc1ccccn1)c1cc(Cl)cc(I)c1. The monoisotopic (exact) mass is 692 g/mol. The fourth-order valence-corrected chi connectivity index (χ4v) is 5.09. The summed E-state index contributed by atoms with van der Waals surface area (Å²) in [4.78, 5) is 42.7. The lowest BCUT2D eigenvalue weighted by molar-refractivity contribution is -0.141. The van der Waals surface area contributed by atoms with E-state index in [1.54, 1.807) is 18.3 Å². The number of pyridine rings is 1. The van der Waals surface area contributed by atoms with Gasteiger partial charge in [0.05, 0.1) is 32.8 Å². The molecule has 0 bridgehead atoms. The third-order valence-electron chi connectivity index (χ3n) is 6.05. The number of halogens is 2. The number of carbonyl (C=O) groups excluding carboxylic acids is 3. The Kier molecular flexibility index (Phi) is 13.8. The van der Waals surface area contributed by atoms with Crippen molar-refractivity contribution in [3.05, 3.63) is 92.6 Å². The number of rotatable bonds is 16. The van der Waals surface area contributed by atoms with Gasteiger partial charge in [0.1, 0.15) is 11.9 Å². The van der Waals surface area contributed by atoms with E-state index in [0.29, 0.717) is 23.6 Å². The number of unbranched alkanes of at least 4 members (excludes halogenated alkanes) is 1. The largest absolute Gasteiger partial charge is 0.469 e. The number of carbonyl (C=O) groups is 3. The van der Waals surface area contributed by atoms with Gasteiger partial charge in [-0.3, -0.25) is 14.4 Å². The molecular formula is C30H34ClIN4O5. The summed E-state index contributed by atoms with van der Waals surface area (Å²) in [6, 6.07) is 18.8. The van der Waals surface area contributed by atoms with Gasteiger partial charge in [-0.05, 0) is 76.9 Å². The normalized spacial score (nSPS) is 12.2. The van der Waals surface area contributed by atoms with Crippen LogP contribution in [0.5, 0.6) is 0 Å². The number of hydrogen-bond acceptors (Lipinski definition) is 7. The third kappa shape index (κ3) is 12.0. The molecule has 2 aromatic carbocycles. The van der Waals surface area contributed by atoms with Gasteiger partial charge < -0.3 is 25.4 Å². The molecule has 0 fully saturated rings. The lowest BCUT2D eigenvalue weighted by Crippen LogP contribution is -2.50. The molecule has 3 aromatic rings. The van der Waals surface area contributed by atoms with Gasteiger partial charge in [-0.1, -0.05) is 48.0 Å². The van der Waals surface area contributed by atoms with Crippen molar-refractivity contribution in [1.29, 1.82) is 0 Å². The molecule has 3 rings (SSSR count). The molecule has 11 heteroatoms.